The number of ether oxygens (including phenoxy) is 5. The van der Waals surface area contributed by atoms with E-state index in [-0.39, 0.29) is 25.9 Å². The molecule has 1 fully saturated rings. The van der Waals surface area contributed by atoms with Gasteiger partial charge in [0, 0.05) is 19.3 Å². The number of carbonyl (C=O) groups excluding carboxylic acids is 3. The van der Waals surface area contributed by atoms with Crippen LogP contribution in [-0.2, 0) is 42.9 Å². The van der Waals surface area contributed by atoms with Crippen LogP contribution in [0.1, 0.15) is 290 Å². The molecule has 1 rings (SSSR count). The number of hydrogen-bond acceptors (Lipinski definition) is 11. The number of aliphatic hydroxyl groups excluding tert-OH is 2. The molecule has 1 heterocycles. The smallest absolute Gasteiger partial charge is 0.335 e. The van der Waals surface area contributed by atoms with E-state index >= 15 is 0 Å². The summed E-state index contributed by atoms with van der Waals surface area (Å²) < 4.78 is 28.5. The van der Waals surface area contributed by atoms with Crippen molar-refractivity contribution in [3.63, 3.8) is 0 Å². The average molecular weight is 1110 g/mol. The predicted molar refractivity (Wildman–Crippen MR) is 322 cm³/mol. The lowest BCUT2D eigenvalue weighted by Crippen LogP contribution is -2.61. The SMILES string of the molecule is CCC/C=C\C/C=C\CCCCCCCC(=O)OC(COC(=O)CCCCCCCCCCC/C=C\CCCCCCCC)COC1OC(C(=O)O)C(O)C(O)C1OC(=O)CCCCCCCCC/C=C\C/C=C\CCCCC. The number of hydrogen-bond donors (Lipinski definition) is 3. The highest BCUT2D eigenvalue weighted by Crippen LogP contribution is 2.27. The molecule has 456 valence electrons. The number of allylic oxidation sites excluding steroid dienone is 10. The predicted octanol–water partition coefficient (Wildman–Crippen LogP) is 17.1. The number of rotatable bonds is 55. The number of aliphatic carboxylic acids is 1. The molecule has 6 unspecified atom stereocenters. The van der Waals surface area contributed by atoms with Gasteiger partial charge in [-0.1, -0.05) is 229 Å². The van der Waals surface area contributed by atoms with E-state index in [1.54, 1.807) is 0 Å². The quantitative estimate of drug-likeness (QED) is 0.0228. The molecule has 0 aromatic heterocycles. The Morgan fingerprint density at radius 2 is 0.785 bits per heavy atom. The van der Waals surface area contributed by atoms with E-state index in [0.29, 0.717) is 19.3 Å². The number of aliphatic hydroxyl groups is 2. The topological polar surface area (TPSA) is 175 Å². The molecule has 0 radical (unpaired) electrons. The summed E-state index contributed by atoms with van der Waals surface area (Å²) in [5.74, 6) is -3.13. The van der Waals surface area contributed by atoms with Gasteiger partial charge in [-0.15, -0.1) is 0 Å². The van der Waals surface area contributed by atoms with Crippen molar-refractivity contribution >= 4 is 23.9 Å². The van der Waals surface area contributed by atoms with Crippen LogP contribution in [0, 0.1) is 0 Å². The number of carboxylic acid groups (broad SMARTS) is 1. The molecule has 12 heteroatoms. The molecule has 1 aliphatic heterocycles. The van der Waals surface area contributed by atoms with Gasteiger partial charge < -0.3 is 39.0 Å². The monoisotopic (exact) mass is 1110 g/mol. The minimum Gasteiger partial charge on any atom is -0.479 e. The zero-order chi connectivity index (χ0) is 57.5. The lowest BCUT2D eigenvalue weighted by molar-refractivity contribution is -0.301. The average Bonchev–Trinajstić information content (AvgIpc) is 3.44. The third-order valence-corrected chi connectivity index (χ3v) is 14.5. The second kappa shape index (κ2) is 55.0. The van der Waals surface area contributed by atoms with Crippen molar-refractivity contribution in [2.75, 3.05) is 13.2 Å². The van der Waals surface area contributed by atoms with E-state index in [0.717, 1.165) is 128 Å². The lowest BCUT2D eigenvalue weighted by atomic mass is 9.98. The summed E-state index contributed by atoms with van der Waals surface area (Å²) in [6, 6.07) is 0. The Morgan fingerprint density at radius 1 is 0.418 bits per heavy atom. The van der Waals surface area contributed by atoms with E-state index in [1.807, 2.05) is 0 Å². The van der Waals surface area contributed by atoms with E-state index in [2.05, 4.69) is 81.5 Å². The Morgan fingerprint density at radius 3 is 1.23 bits per heavy atom. The Labute approximate surface area is 481 Å². The highest BCUT2D eigenvalue weighted by Gasteiger charge is 2.50. The van der Waals surface area contributed by atoms with Crippen molar-refractivity contribution in [1.29, 1.82) is 0 Å². The number of esters is 3. The molecule has 79 heavy (non-hydrogen) atoms. The summed E-state index contributed by atoms with van der Waals surface area (Å²) in [4.78, 5) is 51.3. The van der Waals surface area contributed by atoms with Crippen LogP contribution < -0.4 is 0 Å². The van der Waals surface area contributed by atoms with Gasteiger partial charge in [0.05, 0.1) is 6.61 Å². The van der Waals surface area contributed by atoms with Crippen molar-refractivity contribution in [1.82, 2.24) is 0 Å². The zero-order valence-corrected chi connectivity index (χ0v) is 50.4. The number of carbonyl (C=O) groups is 4. The van der Waals surface area contributed by atoms with Crippen molar-refractivity contribution in [3.8, 4) is 0 Å². The molecule has 1 saturated heterocycles. The number of carboxylic acids is 1. The molecule has 0 amide bonds. The Kier molecular flexibility index (Phi) is 51.1. The van der Waals surface area contributed by atoms with E-state index < -0.39 is 67.3 Å². The maximum absolute atomic E-state index is 13.2. The standard InChI is InChI=1S/C67H116O12/c1-4-7-10-13-16-19-22-25-27-29-30-32-33-36-38-41-44-47-50-53-59(68)75-56-58(77-60(69)54-51-48-45-42-39-35-24-21-18-15-12-9-6-3)57-76-67-65(63(72)62(71)64(79-67)66(73)74)78-61(70)55-52-49-46-43-40-37-34-31-28-26-23-20-17-14-11-8-5-2/h12,15,17,20-21,24-28,58,62-65,67,71-72H,4-11,13-14,16,18-19,22-23,29-57H2,1-3H3,(H,73,74)/b15-12-,20-17-,24-21-,27-25-,28-26-. The van der Waals surface area contributed by atoms with Gasteiger partial charge in [-0.3, -0.25) is 14.4 Å². The Balaban J connectivity index is 2.65. The van der Waals surface area contributed by atoms with Crippen LogP contribution in [0.25, 0.3) is 0 Å². The van der Waals surface area contributed by atoms with Gasteiger partial charge in [0.1, 0.15) is 18.8 Å². The molecule has 0 aliphatic carbocycles. The van der Waals surface area contributed by atoms with Gasteiger partial charge in [-0.05, 0) is 103 Å². The maximum atomic E-state index is 13.2. The summed E-state index contributed by atoms with van der Waals surface area (Å²) >= 11 is 0. The van der Waals surface area contributed by atoms with Crippen LogP contribution in [0.3, 0.4) is 0 Å². The number of unbranched alkanes of at least 4 members (excludes halogenated alkanes) is 31. The summed E-state index contributed by atoms with van der Waals surface area (Å²) in [6.07, 6.45) is 56.1. The normalized spacial score (nSPS) is 18.2. The van der Waals surface area contributed by atoms with Gasteiger partial charge in [-0.2, -0.15) is 0 Å². The fourth-order valence-electron chi connectivity index (χ4n) is 9.55. The fourth-order valence-corrected chi connectivity index (χ4v) is 9.55. The molecular formula is C67H116O12. The zero-order valence-electron chi connectivity index (χ0n) is 50.4. The second-order valence-corrected chi connectivity index (χ2v) is 22.0. The first-order valence-electron chi connectivity index (χ1n) is 32.3. The van der Waals surface area contributed by atoms with E-state index in [4.69, 9.17) is 23.7 Å². The Hall–Kier alpha value is -3.58. The van der Waals surface area contributed by atoms with Crippen LogP contribution in [0.5, 0.6) is 0 Å². The van der Waals surface area contributed by atoms with Gasteiger partial charge >= 0.3 is 23.9 Å². The van der Waals surface area contributed by atoms with Crippen LogP contribution >= 0.6 is 0 Å². The van der Waals surface area contributed by atoms with Gasteiger partial charge in [0.15, 0.2) is 24.6 Å². The summed E-state index contributed by atoms with van der Waals surface area (Å²) in [5.41, 5.74) is 0. The van der Waals surface area contributed by atoms with Crippen LogP contribution in [0.4, 0.5) is 0 Å². The minimum atomic E-state index is -1.91. The first-order valence-corrected chi connectivity index (χ1v) is 32.3. The molecule has 1 aliphatic rings. The first kappa shape index (κ1) is 73.4. The Bertz CT molecular complexity index is 1600. The van der Waals surface area contributed by atoms with Gasteiger partial charge in [0.2, 0.25) is 0 Å². The highest BCUT2D eigenvalue weighted by molar-refractivity contribution is 5.74. The van der Waals surface area contributed by atoms with E-state index in [9.17, 15) is 34.5 Å². The van der Waals surface area contributed by atoms with Crippen LogP contribution in [-0.4, -0.2) is 89.2 Å². The van der Waals surface area contributed by atoms with Crippen molar-refractivity contribution in [2.24, 2.45) is 0 Å². The lowest BCUT2D eigenvalue weighted by Gasteiger charge is -2.40. The fraction of sp³-hybridized carbons (Fsp3) is 0.791. The molecule has 12 nitrogen and oxygen atoms in total. The third kappa shape index (κ3) is 44.7. The first-order chi connectivity index (χ1) is 38.6. The van der Waals surface area contributed by atoms with Crippen molar-refractivity contribution in [3.05, 3.63) is 60.8 Å². The summed E-state index contributed by atoms with van der Waals surface area (Å²) in [6.45, 7) is 5.91. The molecule has 3 N–H and O–H groups in total. The van der Waals surface area contributed by atoms with Gasteiger partial charge in [0.25, 0.3) is 0 Å². The molecule has 0 spiro atoms. The summed E-state index contributed by atoms with van der Waals surface area (Å²) in [5, 5.41) is 31.6. The largest absolute Gasteiger partial charge is 0.479 e. The third-order valence-electron chi connectivity index (χ3n) is 14.5. The minimum absolute atomic E-state index is 0.0498. The molecule has 0 aromatic rings. The highest BCUT2D eigenvalue weighted by atomic mass is 16.7. The van der Waals surface area contributed by atoms with Crippen LogP contribution in [0.15, 0.2) is 60.8 Å². The van der Waals surface area contributed by atoms with Crippen molar-refractivity contribution in [2.45, 2.75) is 327 Å². The second-order valence-electron chi connectivity index (χ2n) is 22.0. The van der Waals surface area contributed by atoms with Crippen molar-refractivity contribution < 1.29 is 58.2 Å². The van der Waals surface area contributed by atoms with Crippen LogP contribution in [0.2, 0.25) is 0 Å². The summed E-state index contributed by atoms with van der Waals surface area (Å²) in [7, 11) is 0. The van der Waals surface area contributed by atoms with E-state index in [1.165, 1.54) is 103 Å². The molecule has 6 atom stereocenters. The molecule has 0 saturated carbocycles. The van der Waals surface area contributed by atoms with Gasteiger partial charge in [-0.25, -0.2) is 4.79 Å². The molecular weight excluding hydrogens is 997 g/mol. The molecule has 0 bridgehead atoms. The maximum Gasteiger partial charge on any atom is 0.335 e. The molecule has 0 aromatic carbocycles.